The summed E-state index contributed by atoms with van der Waals surface area (Å²) in [4.78, 5) is 9.48. The van der Waals surface area contributed by atoms with Crippen molar-refractivity contribution in [3.8, 4) is 0 Å². The highest BCUT2D eigenvalue weighted by Gasteiger charge is 2.19. The van der Waals surface area contributed by atoms with Crippen molar-refractivity contribution in [2.24, 2.45) is 0 Å². The fraction of sp³-hybridized carbons (Fsp3) is 0.261. The fourth-order valence-corrected chi connectivity index (χ4v) is 4.08. The van der Waals surface area contributed by atoms with Gasteiger partial charge < -0.3 is 9.32 Å². The van der Waals surface area contributed by atoms with Crippen LogP contribution >= 0.6 is 0 Å². The van der Waals surface area contributed by atoms with Gasteiger partial charge in [0.05, 0.1) is 17.5 Å². The number of hydrogen-bond donors (Lipinski definition) is 0. The second kappa shape index (κ2) is 7.24. The smallest absolute Gasteiger partial charge is 0.134 e. The highest BCUT2D eigenvalue weighted by Crippen LogP contribution is 2.26. The van der Waals surface area contributed by atoms with Gasteiger partial charge in [0.15, 0.2) is 0 Å². The molecule has 5 rings (SSSR count). The Balaban J connectivity index is 1.24. The molecule has 1 aliphatic rings. The first-order chi connectivity index (χ1) is 13.8. The minimum atomic E-state index is -0.215. The van der Waals surface area contributed by atoms with E-state index in [2.05, 4.69) is 39.0 Å². The lowest BCUT2D eigenvalue weighted by molar-refractivity contribution is 0.261. The van der Waals surface area contributed by atoms with Gasteiger partial charge in [0.25, 0.3) is 0 Å². The molecule has 0 radical (unpaired) electrons. The second-order valence-corrected chi connectivity index (χ2v) is 7.33. The molecule has 4 aromatic rings. The van der Waals surface area contributed by atoms with E-state index < -0.39 is 0 Å². The first-order valence-electron chi connectivity index (χ1n) is 9.74. The Morgan fingerprint density at radius 1 is 1.00 bits per heavy atom. The lowest BCUT2D eigenvalue weighted by Crippen LogP contribution is -2.47. The van der Waals surface area contributed by atoms with Crippen molar-refractivity contribution in [1.29, 1.82) is 0 Å². The van der Waals surface area contributed by atoms with Crippen molar-refractivity contribution in [1.82, 2.24) is 9.88 Å². The standard InChI is InChI=1S/C23H22FN3O/c24-19-6-7-22-20(15-19)18(16-28-22)8-10-26-11-13-27(14-12-26)21-5-1-3-17-4-2-9-25-23(17)21/h1-7,9,15-16H,8,10-14H2. The molecule has 3 heterocycles. The number of aromatic nitrogens is 1. The molecule has 0 saturated carbocycles. The van der Waals surface area contributed by atoms with Crippen LogP contribution in [0.25, 0.3) is 21.9 Å². The molecule has 0 bridgehead atoms. The Morgan fingerprint density at radius 2 is 1.86 bits per heavy atom. The van der Waals surface area contributed by atoms with E-state index in [9.17, 15) is 4.39 Å². The minimum Gasteiger partial charge on any atom is -0.464 e. The molecule has 0 unspecified atom stereocenters. The average molecular weight is 375 g/mol. The maximum Gasteiger partial charge on any atom is 0.134 e. The zero-order chi connectivity index (χ0) is 18.9. The minimum absolute atomic E-state index is 0.215. The quantitative estimate of drug-likeness (QED) is 0.526. The van der Waals surface area contributed by atoms with Gasteiger partial charge in [0.2, 0.25) is 0 Å². The van der Waals surface area contributed by atoms with Crippen LogP contribution in [0.2, 0.25) is 0 Å². The predicted octanol–water partition coefficient (Wildman–Crippen LogP) is 4.48. The molecular weight excluding hydrogens is 353 g/mol. The molecule has 0 amide bonds. The van der Waals surface area contributed by atoms with E-state index in [-0.39, 0.29) is 5.82 Å². The molecule has 142 valence electrons. The molecule has 0 atom stereocenters. The number of piperazine rings is 1. The number of halogens is 1. The molecule has 0 N–H and O–H groups in total. The van der Waals surface area contributed by atoms with Crippen LogP contribution in [-0.4, -0.2) is 42.6 Å². The van der Waals surface area contributed by atoms with Gasteiger partial charge in [-0.1, -0.05) is 18.2 Å². The number of para-hydroxylation sites is 1. The van der Waals surface area contributed by atoms with Crippen molar-refractivity contribution in [3.63, 3.8) is 0 Å². The lowest BCUT2D eigenvalue weighted by Gasteiger charge is -2.36. The normalized spacial score (nSPS) is 15.5. The summed E-state index contributed by atoms with van der Waals surface area (Å²) < 4.78 is 19.1. The molecule has 2 aromatic heterocycles. The van der Waals surface area contributed by atoms with Crippen LogP contribution in [0.15, 0.2) is 65.4 Å². The molecule has 28 heavy (non-hydrogen) atoms. The van der Waals surface area contributed by atoms with Gasteiger partial charge >= 0.3 is 0 Å². The third-order valence-electron chi connectivity index (χ3n) is 5.64. The van der Waals surface area contributed by atoms with E-state index >= 15 is 0 Å². The van der Waals surface area contributed by atoms with Crippen molar-refractivity contribution in [2.75, 3.05) is 37.6 Å². The van der Waals surface area contributed by atoms with Crippen LogP contribution in [-0.2, 0) is 6.42 Å². The number of furan rings is 1. The number of anilines is 1. The van der Waals surface area contributed by atoms with Crippen LogP contribution in [0.3, 0.4) is 0 Å². The van der Waals surface area contributed by atoms with Gasteiger partial charge in [-0.15, -0.1) is 0 Å². The van der Waals surface area contributed by atoms with E-state index in [0.29, 0.717) is 0 Å². The van der Waals surface area contributed by atoms with Gasteiger partial charge in [-0.2, -0.15) is 0 Å². The monoisotopic (exact) mass is 375 g/mol. The fourth-order valence-electron chi connectivity index (χ4n) is 4.08. The van der Waals surface area contributed by atoms with Gasteiger partial charge in [0, 0.05) is 49.7 Å². The van der Waals surface area contributed by atoms with Gasteiger partial charge in [-0.25, -0.2) is 4.39 Å². The molecule has 0 spiro atoms. The van der Waals surface area contributed by atoms with Crippen LogP contribution in [0.1, 0.15) is 5.56 Å². The Kier molecular flexibility index (Phi) is 4.45. The molecule has 0 aliphatic carbocycles. The number of rotatable bonds is 4. The van der Waals surface area contributed by atoms with Gasteiger partial charge in [-0.05, 0) is 42.3 Å². The number of fused-ring (bicyclic) bond motifs is 2. The average Bonchev–Trinajstić information content (AvgIpc) is 3.14. The second-order valence-electron chi connectivity index (χ2n) is 7.33. The van der Waals surface area contributed by atoms with E-state index in [0.717, 1.165) is 61.2 Å². The molecular formula is C23H22FN3O. The van der Waals surface area contributed by atoms with Crippen molar-refractivity contribution < 1.29 is 8.81 Å². The van der Waals surface area contributed by atoms with Crippen LogP contribution in [0, 0.1) is 5.82 Å². The number of hydrogen-bond acceptors (Lipinski definition) is 4. The maximum absolute atomic E-state index is 13.5. The summed E-state index contributed by atoms with van der Waals surface area (Å²) in [6, 6.07) is 15.2. The first-order valence-corrected chi connectivity index (χ1v) is 9.74. The molecule has 1 fully saturated rings. The van der Waals surface area contributed by atoms with Crippen LogP contribution < -0.4 is 4.90 Å². The summed E-state index contributed by atoms with van der Waals surface area (Å²) in [6.07, 6.45) is 4.49. The Hall–Kier alpha value is -2.92. The molecule has 1 aliphatic heterocycles. The zero-order valence-electron chi connectivity index (χ0n) is 15.6. The molecule has 2 aromatic carbocycles. The Morgan fingerprint density at radius 3 is 2.75 bits per heavy atom. The van der Waals surface area contributed by atoms with Gasteiger partial charge in [-0.3, -0.25) is 9.88 Å². The molecule has 4 nitrogen and oxygen atoms in total. The summed E-state index contributed by atoms with van der Waals surface area (Å²) in [7, 11) is 0. The van der Waals surface area contributed by atoms with Crippen LogP contribution in [0.5, 0.6) is 0 Å². The van der Waals surface area contributed by atoms with E-state index in [4.69, 9.17) is 4.42 Å². The van der Waals surface area contributed by atoms with Crippen molar-refractivity contribution >= 4 is 27.6 Å². The highest BCUT2D eigenvalue weighted by atomic mass is 19.1. The Bertz CT molecular complexity index is 1110. The maximum atomic E-state index is 13.5. The molecule has 5 heteroatoms. The number of benzene rings is 2. The summed E-state index contributed by atoms with van der Waals surface area (Å²) in [5, 5.41) is 2.07. The van der Waals surface area contributed by atoms with E-state index in [1.807, 2.05) is 12.3 Å². The largest absolute Gasteiger partial charge is 0.464 e. The topological polar surface area (TPSA) is 32.5 Å². The zero-order valence-corrected chi connectivity index (χ0v) is 15.6. The SMILES string of the molecule is Fc1ccc2occ(CCN3CCN(c4cccc5cccnc45)CC3)c2c1. The van der Waals surface area contributed by atoms with Crippen molar-refractivity contribution in [3.05, 3.63) is 72.4 Å². The van der Waals surface area contributed by atoms with E-state index in [1.54, 1.807) is 18.4 Å². The van der Waals surface area contributed by atoms with Crippen LogP contribution in [0.4, 0.5) is 10.1 Å². The summed E-state index contributed by atoms with van der Waals surface area (Å²) in [5.74, 6) is -0.215. The highest BCUT2D eigenvalue weighted by molar-refractivity contribution is 5.90. The van der Waals surface area contributed by atoms with Gasteiger partial charge in [0.1, 0.15) is 11.4 Å². The summed E-state index contributed by atoms with van der Waals surface area (Å²) >= 11 is 0. The molecule has 1 saturated heterocycles. The summed E-state index contributed by atoms with van der Waals surface area (Å²) in [5.41, 5.74) is 4.12. The van der Waals surface area contributed by atoms with E-state index in [1.165, 1.54) is 17.1 Å². The summed E-state index contributed by atoms with van der Waals surface area (Å²) in [6.45, 7) is 4.93. The predicted molar refractivity (Wildman–Crippen MR) is 110 cm³/mol. The number of nitrogens with zero attached hydrogens (tertiary/aromatic N) is 3. The van der Waals surface area contributed by atoms with Crippen molar-refractivity contribution in [2.45, 2.75) is 6.42 Å². The number of pyridine rings is 1. The third kappa shape index (κ3) is 3.22. The first kappa shape index (κ1) is 17.2. The third-order valence-corrected chi connectivity index (χ3v) is 5.64. The lowest BCUT2D eigenvalue weighted by atomic mass is 10.1. The Labute approximate surface area is 163 Å².